The summed E-state index contributed by atoms with van der Waals surface area (Å²) in [5.74, 6) is 0. The Kier molecular flexibility index (Phi) is 587. The Morgan fingerprint density at radius 3 is 0.286 bits per heavy atom. The van der Waals surface area contributed by atoms with Gasteiger partial charge in [0.1, 0.15) is 0 Å². The van der Waals surface area contributed by atoms with Crippen molar-refractivity contribution in [2.75, 3.05) is 0 Å². The van der Waals surface area contributed by atoms with Crippen molar-refractivity contribution in [2.24, 2.45) is 0 Å². The summed E-state index contributed by atoms with van der Waals surface area (Å²) in [5.41, 5.74) is 0. The van der Waals surface area contributed by atoms with Gasteiger partial charge < -0.3 is 0 Å². The summed E-state index contributed by atoms with van der Waals surface area (Å²) in [5, 5.41) is 0. The van der Waals surface area contributed by atoms with Crippen molar-refractivity contribution < 1.29 is 49.5 Å². The molecule has 0 aliphatic rings. The van der Waals surface area contributed by atoms with Crippen molar-refractivity contribution in [1.29, 1.82) is 0 Å². The third-order valence-electron chi connectivity index (χ3n) is 0. The summed E-state index contributed by atoms with van der Waals surface area (Å²) < 4.78 is 0. The molecule has 0 aromatic heterocycles. The molecule has 0 heterocycles. The van der Waals surface area contributed by atoms with E-state index < -0.39 is 0 Å². The largest absolute Gasteiger partial charge is 0 e. The monoisotopic (exact) mass is 282 g/mol. The fourth-order valence-electron chi connectivity index (χ4n) is 0. The minimum absolute atomic E-state index is 0. The molecule has 7 heavy (non-hydrogen) atoms. The van der Waals surface area contributed by atoms with Gasteiger partial charge >= 0.3 is 0 Å². The fourth-order valence-corrected chi connectivity index (χ4v) is 0. The molecule has 7 heteroatoms. The Morgan fingerprint density at radius 1 is 0.286 bits per heavy atom. The Hall–Kier alpha value is 3.61. The maximum Gasteiger partial charge on any atom is 0 e. The van der Waals surface area contributed by atoms with Crippen LogP contribution in [0.5, 0.6) is 0 Å². The zero-order valence-electron chi connectivity index (χ0n) is 3.26. The SMILES string of the molecule is [Al].[Al].[Al].[Al].[Ni].[Ni].[Ni]. The van der Waals surface area contributed by atoms with Gasteiger partial charge in [0.2, 0.25) is 0 Å². The summed E-state index contributed by atoms with van der Waals surface area (Å²) in [6.07, 6.45) is 0. The van der Waals surface area contributed by atoms with Crippen LogP contribution in [0, 0.1) is 0 Å². The zero-order valence-corrected chi connectivity index (χ0v) is 10.8. The molecule has 0 aromatic carbocycles. The van der Waals surface area contributed by atoms with Gasteiger partial charge in [0.25, 0.3) is 0 Å². The molecular formula is Al4Ni3. The van der Waals surface area contributed by atoms with Crippen LogP contribution in [0.15, 0.2) is 0 Å². The molecule has 0 rings (SSSR count). The number of rotatable bonds is 0. The van der Waals surface area contributed by atoms with Crippen molar-refractivity contribution in [3.63, 3.8) is 0 Å². The molecule has 0 atom stereocenters. The first-order valence-corrected chi connectivity index (χ1v) is 0. The van der Waals surface area contributed by atoms with E-state index in [1.54, 1.807) is 0 Å². The molecule has 0 saturated carbocycles. The number of hydrogen-bond donors (Lipinski definition) is 0. The van der Waals surface area contributed by atoms with E-state index in [9.17, 15) is 0 Å². The van der Waals surface area contributed by atoms with Gasteiger partial charge in [-0.25, -0.2) is 0 Å². The van der Waals surface area contributed by atoms with Crippen LogP contribution in [0.1, 0.15) is 0 Å². The maximum atomic E-state index is 0. The summed E-state index contributed by atoms with van der Waals surface area (Å²) in [6, 6.07) is 0. The van der Waals surface area contributed by atoms with Gasteiger partial charge in [0.15, 0.2) is 0 Å². The zero-order chi connectivity index (χ0) is 0. The van der Waals surface area contributed by atoms with E-state index in [1.807, 2.05) is 0 Å². The normalized spacial score (nSPS) is 0. The predicted octanol–water partition coefficient (Wildman–Crippen LogP) is -1.53. The van der Waals surface area contributed by atoms with E-state index in [2.05, 4.69) is 0 Å². The molecular weight excluding hydrogens is 284 g/mol. The van der Waals surface area contributed by atoms with Crippen LogP contribution >= 0.6 is 0 Å². The van der Waals surface area contributed by atoms with Crippen LogP contribution in [0.25, 0.3) is 0 Å². The number of hydrogen-bond acceptors (Lipinski definition) is 0. The van der Waals surface area contributed by atoms with Crippen molar-refractivity contribution in [1.82, 2.24) is 0 Å². The van der Waals surface area contributed by atoms with Gasteiger partial charge in [-0.15, -0.1) is 0 Å². The van der Waals surface area contributed by atoms with Gasteiger partial charge in [-0.2, -0.15) is 0 Å². The molecule has 0 spiro atoms. The first-order valence-electron chi connectivity index (χ1n) is 0. The fraction of sp³-hybridized carbons (Fsp3) is 0. The summed E-state index contributed by atoms with van der Waals surface area (Å²) >= 11 is 0. The molecule has 0 aliphatic heterocycles. The molecule has 42 valence electrons. The molecule has 0 fully saturated rings. The van der Waals surface area contributed by atoms with E-state index >= 15 is 0 Å². The van der Waals surface area contributed by atoms with Gasteiger partial charge in [-0.3, -0.25) is 0 Å². The summed E-state index contributed by atoms with van der Waals surface area (Å²) in [6.45, 7) is 0. The maximum absolute atomic E-state index is 0. The van der Waals surface area contributed by atoms with Gasteiger partial charge in [0.05, 0.1) is 0 Å². The first kappa shape index (κ1) is 75.2. The van der Waals surface area contributed by atoms with E-state index in [-0.39, 0.29) is 119 Å². The molecule has 0 amide bonds. The third kappa shape index (κ3) is 42.7. The molecule has 0 saturated heterocycles. The average molecular weight is 284 g/mol. The van der Waals surface area contributed by atoms with Crippen LogP contribution < -0.4 is 0 Å². The molecule has 0 aliphatic carbocycles. The molecule has 0 aromatic rings. The Bertz CT molecular complexity index is 6.90. The Balaban J connectivity index is 0. The second-order valence-corrected chi connectivity index (χ2v) is 0. The van der Waals surface area contributed by atoms with Crippen molar-refractivity contribution >= 4 is 69.4 Å². The van der Waals surface area contributed by atoms with Crippen LogP contribution in [0.3, 0.4) is 0 Å². The van der Waals surface area contributed by atoms with Crippen LogP contribution in [-0.2, 0) is 49.5 Å². The van der Waals surface area contributed by atoms with Gasteiger partial charge in [-0.1, -0.05) is 0 Å². The molecule has 0 nitrogen and oxygen atoms in total. The van der Waals surface area contributed by atoms with E-state index in [0.717, 1.165) is 0 Å². The minimum atomic E-state index is 0. The molecule has 0 bridgehead atoms. The topological polar surface area (TPSA) is 0 Å². The molecule has 12 radical (unpaired) electrons. The van der Waals surface area contributed by atoms with E-state index in [0.29, 0.717) is 0 Å². The van der Waals surface area contributed by atoms with E-state index in [1.165, 1.54) is 0 Å². The van der Waals surface area contributed by atoms with Gasteiger partial charge in [-0.05, 0) is 0 Å². The standard InChI is InChI=1S/4Al.3Ni. The Labute approximate surface area is 117 Å². The second kappa shape index (κ2) is 54.7. The van der Waals surface area contributed by atoms with Crippen LogP contribution in [0.4, 0.5) is 0 Å². The van der Waals surface area contributed by atoms with Gasteiger partial charge in [0, 0.05) is 119 Å². The third-order valence-corrected chi connectivity index (χ3v) is 0. The molecule has 0 unspecified atom stereocenters. The summed E-state index contributed by atoms with van der Waals surface area (Å²) in [4.78, 5) is 0. The van der Waals surface area contributed by atoms with Crippen molar-refractivity contribution in [3.8, 4) is 0 Å². The smallest absolute Gasteiger partial charge is 0 e. The Morgan fingerprint density at radius 2 is 0.286 bits per heavy atom. The van der Waals surface area contributed by atoms with Crippen LogP contribution in [-0.4, -0.2) is 69.4 Å². The quantitative estimate of drug-likeness (QED) is 0.473. The predicted molar refractivity (Wildman–Crippen MR) is 23.0 cm³/mol. The molecule has 0 N–H and O–H groups in total. The second-order valence-electron chi connectivity index (χ2n) is 0. The average Bonchev–Trinajstić information content (AvgIpc) is 0. The minimum Gasteiger partial charge on any atom is 0 e. The summed E-state index contributed by atoms with van der Waals surface area (Å²) in [7, 11) is 0. The van der Waals surface area contributed by atoms with Crippen molar-refractivity contribution in [2.45, 2.75) is 0 Å². The van der Waals surface area contributed by atoms with Crippen molar-refractivity contribution in [3.05, 3.63) is 0 Å². The van der Waals surface area contributed by atoms with Crippen LogP contribution in [0.2, 0.25) is 0 Å². The van der Waals surface area contributed by atoms with E-state index in [4.69, 9.17) is 0 Å². The first-order chi connectivity index (χ1) is 0.